The van der Waals surface area contributed by atoms with Crippen LogP contribution in [-0.2, 0) is 12.0 Å². The molecule has 1 aromatic carbocycles. The first-order valence-corrected chi connectivity index (χ1v) is 6.93. The van der Waals surface area contributed by atoms with Gasteiger partial charge in [-0.05, 0) is 34.9 Å². The molecule has 0 saturated carbocycles. The molecule has 0 amide bonds. The summed E-state index contributed by atoms with van der Waals surface area (Å²) in [4.78, 5) is 11.9. The molecule has 0 N–H and O–H groups in total. The smallest absolute Gasteiger partial charge is 0.250 e. The van der Waals surface area contributed by atoms with Crippen molar-refractivity contribution < 1.29 is 0 Å². The fraction of sp³-hybridized carbons (Fsp3) is 0.222. The number of nitriles is 1. The van der Waals surface area contributed by atoms with Gasteiger partial charge in [-0.25, -0.2) is 0 Å². The largest absolute Gasteiger partial charge is 0.311 e. The molecule has 0 aliphatic heterocycles. The van der Waals surface area contributed by atoms with Crippen molar-refractivity contribution in [2.24, 2.45) is 0 Å². The van der Waals surface area contributed by atoms with Gasteiger partial charge in [-0.1, -0.05) is 32.1 Å². The van der Waals surface area contributed by atoms with Gasteiger partial charge in [0, 0.05) is 17.7 Å². The van der Waals surface area contributed by atoms with Gasteiger partial charge in [-0.3, -0.25) is 4.79 Å². The van der Waals surface area contributed by atoms with Gasteiger partial charge in [-0.15, -0.1) is 0 Å². The molecule has 0 saturated heterocycles. The van der Waals surface area contributed by atoms with Gasteiger partial charge in [0.25, 0.3) is 5.56 Å². The molecule has 3 heteroatoms. The zero-order valence-electron chi connectivity index (χ0n) is 12.1. The van der Waals surface area contributed by atoms with Crippen LogP contribution in [0, 0.1) is 11.3 Å². The number of allylic oxidation sites excluding steroid dienone is 2. The molecule has 3 nitrogen and oxygen atoms in total. The summed E-state index contributed by atoms with van der Waals surface area (Å²) < 4.78 is 1.69. The van der Waals surface area contributed by atoms with Crippen LogP contribution in [0.1, 0.15) is 30.5 Å². The molecule has 0 radical (unpaired) electrons. The number of rotatable bonds is 2. The summed E-state index contributed by atoms with van der Waals surface area (Å²) >= 11 is 0. The average Bonchev–Trinajstić information content (AvgIpc) is 2.72. The summed E-state index contributed by atoms with van der Waals surface area (Å²) in [7, 11) is 0. The zero-order valence-corrected chi connectivity index (χ0v) is 12.1. The highest BCUT2D eigenvalue weighted by molar-refractivity contribution is 5.77. The van der Waals surface area contributed by atoms with Crippen LogP contribution in [0.5, 0.6) is 0 Å². The Morgan fingerprint density at radius 3 is 2.76 bits per heavy atom. The van der Waals surface area contributed by atoms with Gasteiger partial charge >= 0.3 is 0 Å². The lowest BCUT2D eigenvalue weighted by Gasteiger charge is -2.17. The van der Waals surface area contributed by atoms with Crippen molar-refractivity contribution in [1.29, 1.82) is 5.26 Å². The van der Waals surface area contributed by atoms with Crippen LogP contribution >= 0.6 is 0 Å². The Morgan fingerprint density at radius 1 is 1.24 bits per heavy atom. The molecular weight excluding hydrogens is 260 g/mol. The van der Waals surface area contributed by atoms with Crippen molar-refractivity contribution in [1.82, 2.24) is 4.57 Å². The Morgan fingerprint density at radius 2 is 2.05 bits per heavy atom. The second-order valence-corrected chi connectivity index (χ2v) is 5.93. The van der Waals surface area contributed by atoms with Crippen LogP contribution in [0.3, 0.4) is 0 Å². The fourth-order valence-corrected chi connectivity index (χ4v) is 2.94. The standard InChI is InChI=1S/C18H16N2O/c1-18(2)10-14(12-20-8-4-3-5-17(20)21)15-9-13(11-19)6-7-16(15)18/h3-10H,12H2,1-2H3. The molecular formula is C18H16N2O. The number of nitrogens with zero attached hydrogens (tertiary/aromatic N) is 2. The molecule has 2 aromatic rings. The van der Waals surface area contributed by atoms with Crippen molar-refractivity contribution >= 4 is 5.57 Å². The van der Waals surface area contributed by atoms with Gasteiger partial charge < -0.3 is 4.57 Å². The van der Waals surface area contributed by atoms with E-state index in [1.165, 1.54) is 5.56 Å². The van der Waals surface area contributed by atoms with E-state index >= 15 is 0 Å². The summed E-state index contributed by atoms with van der Waals surface area (Å²) in [5, 5.41) is 9.09. The van der Waals surface area contributed by atoms with E-state index in [0.717, 1.165) is 11.1 Å². The van der Waals surface area contributed by atoms with E-state index in [0.29, 0.717) is 12.1 Å². The Labute approximate surface area is 123 Å². The summed E-state index contributed by atoms with van der Waals surface area (Å²) in [6.45, 7) is 4.84. The maximum absolute atomic E-state index is 11.9. The molecule has 0 spiro atoms. The van der Waals surface area contributed by atoms with Crippen molar-refractivity contribution in [3.8, 4) is 6.07 Å². The Balaban J connectivity index is 2.08. The van der Waals surface area contributed by atoms with Gasteiger partial charge in [0.1, 0.15) is 0 Å². The third-order valence-corrected chi connectivity index (χ3v) is 3.96. The van der Waals surface area contributed by atoms with Gasteiger partial charge in [-0.2, -0.15) is 5.26 Å². The molecule has 1 aromatic heterocycles. The van der Waals surface area contributed by atoms with Crippen molar-refractivity contribution in [2.45, 2.75) is 25.8 Å². The molecule has 104 valence electrons. The maximum Gasteiger partial charge on any atom is 0.250 e. The molecule has 0 atom stereocenters. The lowest BCUT2D eigenvalue weighted by atomic mass is 9.87. The minimum atomic E-state index is -0.0724. The van der Waals surface area contributed by atoms with Crippen LogP contribution in [0.4, 0.5) is 0 Å². The number of benzene rings is 1. The average molecular weight is 276 g/mol. The molecule has 3 rings (SSSR count). The summed E-state index contributed by atoms with van der Waals surface area (Å²) in [5.41, 5.74) is 3.95. The van der Waals surface area contributed by atoms with E-state index in [2.05, 4.69) is 26.0 Å². The second-order valence-electron chi connectivity index (χ2n) is 5.93. The maximum atomic E-state index is 11.9. The summed E-state index contributed by atoms with van der Waals surface area (Å²) in [5.74, 6) is 0. The predicted molar refractivity (Wildman–Crippen MR) is 82.9 cm³/mol. The van der Waals surface area contributed by atoms with Crippen LogP contribution in [0.15, 0.2) is 53.5 Å². The molecule has 0 unspecified atom stereocenters. The van der Waals surface area contributed by atoms with E-state index < -0.39 is 0 Å². The fourth-order valence-electron chi connectivity index (χ4n) is 2.94. The number of hydrogen-bond acceptors (Lipinski definition) is 2. The second kappa shape index (κ2) is 4.75. The molecule has 21 heavy (non-hydrogen) atoms. The summed E-state index contributed by atoms with van der Waals surface area (Å²) in [6, 6.07) is 13.1. The van der Waals surface area contributed by atoms with E-state index in [9.17, 15) is 4.79 Å². The zero-order chi connectivity index (χ0) is 15.0. The molecule has 0 fully saturated rings. The number of fused-ring (bicyclic) bond motifs is 1. The predicted octanol–water partition coefficient (Wildman–Crippen LogP) is 3.09. The Bertz CT molecular complexity index is 835. The number of aromatic nitrogens is 1. The van der Waals surface area contributed by atoms with Crippen LogP contribution in [0.2, 0.25) is 0 Å². The van der Waals surface area contributed by atoms with E-state index in [4.69, 9.17) is 5.26 Å². The van der Waals surface area contributed by atoms with Crippen LogP contribution in [-0.4, -0.2) is 4.57 Å². The SMILES string of the molecule is CC1(C)C=C(Cn2ccccc2=O)c2cc(C#N)ccc21. The first-order valence-electron chi connectivity index (χ1n) is 6.93. The van der Waals surface area contributed by atoms with Crippen LogP contribution in [0.25, 0.3) is 5.57 Å². The highest BCUT2D eigenvalue weighted by Crippen LogP contribution is 2.41. The molecule has 1 aliphatic carbocycles. The summed E-state index contributed by atoms with van der Waals surface area (Å²) in [6.07, 6.45) is 3.99. The third-order valence-electron chi connectivity index (χ3n) is 3.96. The van der Waals surface area contributed by atoms with Crippen LogP contribution < -0.4 is 5.56 Å². The Kier molecular flexibility index (Phi) is 3.03. The molecule has 0 bridgehead atoms. The number of hydrogen-bond donors (Lipinski definition) is 0. The topological polar surface area (TPSA) is 45.8 Å². The van der Waals surface area contributed by atoms with E-state index in [-0.39, 0.29) is 11.0 Å². The lowest BCUT2D eigenvalue weighted by molar-refractivity contribution is 0.681. The minimum absolute atomic E-state index is 0.0129. The van der Waals surface area contributed by atoms with Crippen molar-refractivity contribution in [3.05, 3.63) is 75.7 Å². The van der Waals surface area contributed by atoms with E-state index in [1.54, 1.807) is 22.9 Å². The first kappa shape index (κ1) is 13.4. The van der Waals surface area contributed by atoms with Gasteiger partial charge in [0.15, 0.2) is 0 Å². The monoisotopic (exact) mass is 276 g/mol. The highest BCUT2D eigenvalue weighted by Gasteiger charge is 2.29. The quantitative estimate of drug-likeness (QED) is 0.846. The van der Waals surface area contributed by atoms with Gasteiger partial charge in [0.05, 0.1) is 18.2 Å². The minimum Gasteiger partial charge on any atom is -0.311 e. The molecule has 1 aliphatic rings. The molecule has 1 heterocycles. The Hall–Kier alpha value is -2.60. The van der Waals surface area contributed by atoms with Crippen molar-refractivity contribution in [3.63, 3.8) is 0 Å². The normalized spacial score (nSPS) is 15.2. The first-order chi connectivity index (χ1) is 10.0. The third kappa shape index (κ3) is 2.30. The van der Waals surface area contributed by atoms with Crippen molar-refractivity contribution in [2.75, 3.05) is 0 Å². The number of pyridine rings is 1. The lowest BCUT2D eigenvalue weighted by Crippen LogP contribution is -2.18. The highest BCUT2D eigenvalue weighted by atomic mass is 16.1. The van der Waals surface area contributed by atoms with E-state index in [1.807, 2.05) is 24.3 Å². The van der Waals surface area contributed by atoms with Gasteiger partial charge in [0.2, 0.25) is 0 Å².